The van der Waals surface area contributed by atoms with Gasteiger partial charge < -0.3 is 0 Å². The van der Waals surface area contributed by atoms with Crippen molar-refractivity contribution >= 4 is 5.78 Å². The summed E-state index contributed by atoms with van der Waals surface area (Å²) >= 11 is 0. The first kappa shape index (κ1) is 7.78. The van der Waals surface area contributed by atoms with Gasteiger partial charge >= 0.3 is 0 Å². The zero-order valence-corrected chi connectivity index (χ0v) is 7.52. The molecule has 1 nitrogen and oxygen atoms in total. The van der Waals surface area contributed by atoms with Crippen molar-refractivity contribution < 1.29 is 4.79 Å². The predicted molar refractivity (Wildman–Crippen MR) is 48.8 cm³/mol. The van der Waals surface area contributed by atoms with Crippen LogP contribution in [0.4, 0.5) is 0 Å². The van der Waals surface area contributed by atoms with Crippen molar-refractivity contribution in [1.29, 1.82) is 0 Å². The highest BCUT2D eigenvalue weighted by Crippen LogP contribution is 2.48. The molecule has 2 aliphatic carbocycles. The average molecular weight is 162 g/mol. The Morgan fingerprint density at radius 2 is 2.25 bits per heavy atom. The third-order valence-electron chi connectivity index (χ3n) is 3.22. The van der Waals surface area contributed by atoms with Crippen LogP contribution in [0, 0.1) is 5.41 Å². The lowest BCUT2D eigenvalue weighted by Gasteiger charge is -2.21. The van der Waals surface area contributed by atoms with Crippen molar-refractivity contribution in [2.45, 2.75) is 32.6 Å². The molecular formula is C11H14O. The predicted octanol–water partition coefficient (Wildman–Crippen LogP) is 2.63. The molecular weight excluding hydrogens is 148 g/mol. The second-order valence-corrected chi connectivity index (χ2v) is 4.03. The minimum absolute atomic E-state index is 0.00289. The van der Waals surface area contributed by atoms with Gasteiger partial charge in [0.25, 0.3) is 0 Å². The summed E-state index contributed by atoms with van der Waals surface area (Å²) in [6.45, 7) is 5.95. The Balaban J connectivity index is 2.45. The van der Waals surface area contributed by atoms with Crippen LogP contribution in [0.2, 0.25) is 0 Å². The van der Waals surface area contributed by atoms with E-state index in [-0.39, 0.29) is 5.41 Å². The number of allylic oxidation sites excluding steroid dienone is 3. The summed E-state index contributed by atoms with van der Waals surface area (Å²) in [5.41, 5.74) is 2.50. The molecule has 0 bridgehead atoms. The number of ketones is 1. The quantitative estimate of drug-likeness (QED) is 0.542. The molecule has 1 heteroatoms. The smallest absolute Gasteiger partial charge is 0.160 e. The molecule has 12 heavy (non-hydrogen) atoms. The molecule has 64 valence electrons. The van der Waals surface area contributed by atoms with Gasteiger partial charge in [-0.2, -0.15) is 0 Å². The van der Waals surface area contributed by atoms with E-state index in [1.165, 1.54) is 12.0 Å². The Kier molecular flexibility index (Phi) is 1.50. The standard InChI is InChI=1S/C11H14O/c1-3-11(2)7-10(12)8-5-4-6-9(8)11/h3H,1,4-7H2,2H3. The van der Waals surface area contributed by atoms with E-state index in [1.54, 1.807) is 0 Å². The van der Waals surface area contributed by atoms with E-state index in [9.17, 15) is 4.79 Å². The highest BCUT2D eigenvalue weighted by molar-refractivity contribution is 6.00. The molecule has 2 aliphatic rings. The Bertz CT molecular complexity index is 285. The van der Waals surface area contributed by atoms with E-state index < -0.39 is 0 Å². The number of carbonyl (C=O) groups is 1. The molecule has 0 aromatic heterocycles. The van der Waals surface area contributed by atoms with Crippen LogP contribution in [0.3, 0.4) is 0 Å². The van der Waals surface area contributed by atoms with Gasteiger partial charge in [0.05, 0.1) is 0 Å². The summed E-state index contributed by atoms with van der Waals surface area (Å²) < 4.78 is 0. The number of hydrogen-bond acceptors (Lipinski definition) is 1. The third-order valence-corrected chi connectivity index (χ3v) is 3.22. The number of hydrogen-bond donors (Lipinski definition) is 0. The fraction of sp³-hybridized carbons (Fsp3) is 0.545. The SMILES string of the molecule is C=CC1(C)CC(=O)C2=C1CCC2. The molecule has 0 aromatic carbocycles. The van der Waals surface area contributed by atoms with E-state index in [1.807, 2.05) is 6.08 Å². The van der Waals surface area contributed by atoms with Crippen molar-refractivity contribution in [3.8, 4) is 0 Å². The van der Waals surface area contributed by atoms with Gasteiger partial charge in [-0.25, -0.2) is 0 Å². The van der Waals surface area contributed by atoms with Crippen LogP contribution in [0.25, 0.3) is 0 Å². The lowest BCUT2D eigenvalue weighted by molar-refractivity contribution is -0.115. The van der Waals surface area contributed by atoms with Crippen LogP contribution < -0.4 is 0 Å². The van der Waals surface area contributed by atoms with Gasteiger partial charge in [0.15, 0.2) is 5.78 Å². The summed E-state index contributed by atoms with van der Waals surface area (Å²) in [7, 11) is 0. The summed E-state index contributed by atoms with van der Waals surface area (Å²) in [5.74, 6) is 0.366. The van der Waals surface area contributed by atoms with E-state index in [2.05, 4.69) is 13.5 Å². The van der Waals surface area contributed by atoms with Crippen molar-refractivity contribution in [2.24, 2.45) is 5.41 Å². The third kappa shape index (κ3) is 0.825. The van der Waals surface area contributed by atoms with Gasteiger partial charge in [-0.05, 0) is 24.8 Å². The summed E-state index contributed by atoms with van der Waals surface area (Å²) in [6.07, 6.45) is 5.90. The van der Waals surface area contributed by atoms with Crippen LogP contribution in [0.5, 0.6) is 0 Å². The molecule has 0 N–H and O–H groups in total. The zero-order valence-electron chi connectivity index (χ0n) is 7.52. The number of Topliss-reactive ketones (excluding diaryl/α,β-unsaturated/α-hetero) is 1. The van der Waals surface area contributed by atoms with E-state index in [0.29, 0.717) is 12.2 Å². The van der Waals surface area contributed by atoms with Crippen LogP contribution in [0.15, 0.2) is 23.8 Å². The molecule has 0 heterocycles. The average Bonchev–Trinajstić information content (AvgIpc) is 2.58. The maximum atomic E-state index is 11.5. The lowest BCUT2D eigenvalue weighted by atomic mass is 9.82. The minimum Gasteiger partial charge on any atom is -0.295 e. The topological polar surface area (TPSA) is 17.1 Å². The Hall–Kier alpha value is -0.850. The molecule has 0 saturated heterocycles. The normalized spacial score (nSPS) is 34.2. The van der Waals surface area contributed by atoms with Gasteiger partial charge in [0.1, 0.15) is 0 Å². The zero-order chi connectivity index (χ0) is 8.77. The molecule has 2 rings (SSSR count). The van der Waals surface area contributed by atoms with Crippen molar-refractivity contribution in [3.05, 3.63) is 23.8 Å². The van der Waals surface area contributed by atoms with Gasteiger partial charge in [-0.1, -0.05) is 18.6 Å². The highest BCUT2D eigenvalue weighted by Gasteiger charge is 2.41. The summed E-state index contributed by atoms with van der Waals surface area (Å²) in [5, 5.41) is 0. The van der Waals surface area contributed by atoms with Crippen molar-refractivity contribution in [1.82, 2.24) is 0 Å². The second-order valence-electron chi connectivity index (χ2n) is 4.03. The van der Waals surface area contributed by atoms with Gasteiger partial charge in [-0.15, -0.1) is 6.58 Å². The van der Waals surface area contributed by atoms with E-state index >= 15 is 0 Å². The van der Waals surface area contributed by atoms with Gasteiger partial charge in [0, 0.05) is 11.8 Å². The van der Waals surface area contributed by atoms with Crippen LogP contribution in [-0.2, 0) is 4.79 Å². The molecule has 1 atom stereocenters. The first-order valence-electron chi connectivity index (χ1n) is 4.57. The summed E-state index contributed by atoms with van der Waals surface area (Å²) in [6, 6.07) is 0. The van der Waals surface area contributed by atoms with E-state index in [4.69, 9.17) is 0 Å². The molecule has 0 radical (unpaired) electrons. The lowest BCUT2D eigenvalue weighted by Crippen LogP contribution is -2.12. The van der Waals surface area contributed by atoms with E-state index in [0.717, 1.165) is 18.4 Å². The molecule has 1 unspecified atom stereocenters. The van der Waals surface area contributed by atoms with Crippen LogP contribution in [-0.4, -0.2) is 5.78 Å². The Labute approximate surface area is 73.2 Å². The van der Waals surface area contributed by atoms with Crippen molar-refractivity contribution in [3.63, 3.8) is 0 Å². The first-order chi connectivity index (χ1) is 5.67. The first-order valence-corrected chi connectivity index (χ1v) is 4.57. The maximum absolute atomic E-state index is 11.5. The maximum Gasteiger partial charge on any atom is 0.160 e. The summed E-state index contributed by atoms with van der Waals surface area (Å²) in [4.78, 5) is 11.5. The fourth-order valence-corrected chi connectivity index (χ4v) is 2.42. The fourth-order valence-electron chi connectivity index (χ4n) is 2.42. The highest BCUT2D eigenvalue weighted by atomic mass is 16.1. The van der Waals surface area contributed by atoms with Gasteiger partial charge in [0.2, 0.25) is 0 Å². The van der Waals surface area contributed by atoms with Crippen LogP contribution >= 0.6 is 0 Å². The Morgan fingerprint density at radius 1 is 1.50 bits per heavy atom. The molecule has 0 amide bonds. The second kappa shape index (κ2) is 2.32. The number of rotatable bonds is 1. The largest absolute Gasteiger partial charge is 0.295 e. The van der Waals surface area contributed by atoms with Gasteiger partial charge in [-0.3, -0.25) is 4.79 Å². The van der Waals surface area contributed by atoms with Crippen LogP contribution in [0.1, 0.15) is 32.6 Å². The Morgan fingerprint density at radius 3 is 2.92 bits per heavy atom. The molecule has 0 fully saturated rings. The minimum atomic E-state index is 0.00289. The molecule has 0 aliphatic heterocycles. The monoisotopic (exact) mass is 162 g/mol. The molecule has 0 spiro atoms. The number of carbonyl (C=O) groups excluding carboxylic acids is 1. The van der Waals surface area contributed by atoms with Crippen molar-refractivity contribution in [2.75, 3.05) is 0 Å². The molecule has 0 saturated carbocycles. The molecule has 0 aromatic rings.